The lowest BCUT2D eigenvalue weighted by Gasteiger charge is -2.22. The molecule has 1 saturated heterocycles. The SMILES string of the molecule is COC(=O)c1ccc(CN(C)C(=O)C2CC(=O)N(c3ccccc3F)C2)cc1. The van der Waals surface area contributed by atoms with Crippen molar-refractivity contribution in [2.24, 2.45) is 5.92 Å². The van der Waals surface area contributed by atoms with Crippen molar-refractivity contribution in [3.8, 4) is 0 Å². The first-order chi connectivity index (χ1) is 13.4. The average molecular weight is 384 g/mol. The monoisotopic (exact) mass is 384 g/mol. The Hall–Kier alpha value is -3.22. The summed E-state index contributed by atoms with van der Waals surface area (Å²) in [5, 5.41) is 0. The molecule has 1 atom stereocenters. The highest BCUT2D eigenvalue weighted by molar-refractivity contribution is 6.00. The van der Waals surface area contributed by atoms with Crippen LogP contribution in [0.15, 0.2) is 48.5 Å². The van der Waals surface area contributed by atoms with Crippen LogP contribution in [0.5, 0.6) is 0 Å². The number of carbonyl (C=O) groups excluding carboxylic acids is 3. The summed E-state index contributed by atoms with van der Waals surface area (Å²) in [6.45, 7) is 0.495. The molecular formula is C21H21FN2O4. The molecule has 1 aliphatic rings. The van der Waals surface area contributed by atoms with Gasteiger partial charge in [-0.1, -0.05) is 24.3 Å². The van der Waals surface area contributed by atoms with Crippen molar-refractivity contribution in [1.29, 1.82) is 0 Å². The highest BCUT2D eigenvalue weighted by Crippen LogP contribution is 2.28. The Morgan fingerprint density at radius 3 is 2.50 bits per heavy atom. The number of nitrogens with zero attached hydrogens (tertiary/aromatic N) is 2. The van der Waals surface area contributed by atoms with E-state index in [1.54, 1.807) is 43.4 Å². The molecule has 0 aromatic heterocycles. The van der Waals surface area contributed by atoms with Crippen LogP contribution in [-0.4, -0.2) is 43.4 Å². The summed E-state index contributed by atoms with van der Waals surface area (Å²) in [5.41, 5.74) is 1.48. The van der Waals surface area contributed by atoms with Crippen LogP contribution in [0.4, 0.5) is 10.1 Å². The van der Waals surface area contributed by atoms with Gasteiger partial charge in [0.15, 0.2) is 0 Å². The maximum absolute atomic E-state index is 14.0. The normalized spacial score (nSPS) is 16.2. The van der Waals surface area contributed by atoms with E-state index in [4.69, 9.17) is 0 Å². The molecule has 0 radical (unpaired) electrons. The molecule has 146 valence electrons. The number of carbonyl (C=O) groups is 3. The molecule has 0 aliphatic carbocycles. The van der Waals surface area contributed by atoms with Gasteiger partial charge in [-0.05, 0) is 29.8 Å². The fourth-order valence-corrected chi connectivity index (χ4v) is 3.30. The number of esters is 1. The number of ether oxygens (including phenoxy) is 1. The Kier molecular flexibility index (Phi) is 5.73. The fourth-order valence-electron chi connectivity index (χ4n) is 3.30. The summed E-state index contributed by atoms with van der Waals surface area (Å²) in [7, 11) is 2.98. The van der Waals surface area contributed by atoms with Gasteiger partial charge in [0.2, 0.25) is 11.8 Å². The number of halogens is 1. The summed E-state index contributed by atoms with van der Waals surface area (Å²) in [4.78, 5) is 39.4. The van der Waals surface area contributed by atoms with Gasteiger partial charge >= 0.3 is 5.97 Å². The first kappa shape index (κ1) is 19.5. The van der Waals surface area contributed by atoms with E-state index in [0.717, 1.165) is 5.56 Å². The molecule has 1 aliphatic heterocycles. The van der Waals surface area contributed by atoms with Gasteiger partial charge in [0.1, 0.15) is 5.82 Å². The summed E-state index contributed by atoms with van der Waals surface area (Å²) in [5.74, 6) is -1.87. The van der Waals surface area contributed by atoms with E-state index in [-0.39, 0.29) is 30.5 Å². The van der Waals surface area contributed by atoms with Gasteiger partial charge < -0.3 is 14.5 Å². The third kappa shape index (κ3) is 4.03. The quantitative estimate of drug-likeness (QED) is 0.744. The van der Waals surface area contributed by atoms with Crippen LogP contribution in [0.25, 0.3) is 0 Å². The second kappa shape index (κ2) is 8.21. The topological polar surface area (TPSA) is 66.9 Å². The van der Waals surface area contributed by atoms with E-state index in [2.05, 4.69) is 4.74 Å². The molecule has 1 fully saturated rings. The van der Waals surface area contributed by atoms with Gasteiger partial charge in [0.25, 0.3) is 0 Å². The van der Waals surface area contributed by atoms with Gasteiger partial charge in [-0.15, -0.1) is 0 Å². The molecular weight excluding hydrogens is 363 g/mol. The van der Waals surface area contributed by atoms with E-state index in [1.807, 2.05) is 0 Å². The molecule has 0 spiro atoms. The zero-order chi connectivity index (χ0) is 20.3. The van der Waals surface area contributed by atoms with Gasteiger partial charge in [-0.3, -0.25) is 9.59 Å². The molecule has 3 rings (SSSR count). The van der Waals surface area contributed by atoms with Crippen LogP contribution < -0.4 is 4.90 Å². The number of anilines is 1. The first-order valence-electron chi connectivity index (χ1n) is 8.88. The largest absolute Gasteiger partial charge is 0.465 e. The standard InChI is InChI=1S/C21H21FN2O4/c1-23(12-14-7-9-15(10-8-14)21(27)28-2)20(26)16-11-19(25)24(13-16)18-6-4-3-5-17(18)22/h3-10,16H,11-13H2,1-2H3. The van der Waals surface area contributed by atoms with Crippen molar-refractivity contribution >= 4 is 23.5 Å². The second-order valence-electron chi connectivity index (χ2n) is 6.74. The third-order valence-corrected chi connectivity index (χ3v) is 4.79. The summed E-state index contributed by atoms with van der Waals surface area (Å²) in [6, 6.07) is 12.8. The van der Waals surface area contributed by atoms with Gasteiger partial charge in [0.05, 0.1) is 24.3 Å². The van der Waals surface area contributed by atoms with E-state index in [9.17, 15) is 18.8 Å². The number of rotatable bonds is 5. The summed E-state index contributed by atoms with van der Waals surface area (Å²) in [6.07, 6.45) is 0.0544. The number of methoxy groups -OCH3 is 1. The van der Waals surface area contributed by atoms with Crippen molar-refractivity contribution < 1.29 is 23.5 Å². The molecule has 6 nitrogen and oxygen atoms in total. The molecule has 7 heteroatoms. The highest BCUT2D eigenvalue weighted by atomic mass is 19.1. The minimum atomic E-state index is -0.522. The predicted molar refractivity (Wildman–Crippen MR) is 101 cm³/mol. The molecule has 0 bridgehead atoms. The molecule has 2 aromatic carbocycles. The zero-order valence-electron chi connectivity index (χ0n) is 15.7. The van der Waals surface area contributed by atoms with Crippen molar-refractivity contribution in [3.05, 3.63) is 65.5 Å². The van der Waals surface area contributed by atoms with Gasteiger partial charge in [0, 0.05) is 26.6 Å². The summed E-state index contributed by atoms with van der Waals surface area (Å²) < 4.78 is 18.6. The van der Waals surface area contributed by atoms with E-state index in [1.165, 1.54) is 29.0 Å². The minimum absolute atomic E-state index is 0.0544. The van der Waals surface area contributed by atoms with Crippen LogP contribution >= 0.6 is 0 Å². The Bertz CT molecular complexity index is 898. The molecule has 0 saturated carbocycles. The van der Waals surface area contributed by atoms with Crippen LogP contribution in [0.1, 0.15) is 22.3 Å². The van der Waals surface area contributed by atoms with Crippen molar-refractivity contribution in [2.75, 3.05) is 25.6 Å². The third-order valence-electron chi connectivity index (χ3n) is 4.79. The minimum Gasteiger partial charge on any atom is -0.465 e. The Morgan fingerprint density at radius 2 is 1.86 bits per heavy atom. The second-order valence-corrected chi connectivity index (χ2v) is 6.74. The molecule has 2 aromatic rings. The Labute approximate surface area is 162 Å². The van der Waals surface area contributed by atoms with Crippen LogP contribution in [0.2, 0.25) is 0 Å². The predicted octanol–water partition coefficient (Wildman–Crippen LogP) is 2.62. The van der Waals surface area contributed by atoms with Crippen LogP contribution in [0.3, 0.4) is 0 Å². The molecule has 28 heavy (non-hydrogen) atoms. The van der Waals surface area contributed by atoms with Crippen molar-refractivity contribution in [3.63, 3.8) is 0 Å². The number of hydrogen-bond acceptors (Lipinski definition) is 4. The van der Waals surface area contributed by atoms with Gasteiger partial charge in [-0.2, -0.15) is 0 Å². The lowest BCUT2D eigenvalue weighted by atomic mass is 10.1. The highest BCUT2D eigenvalue weighted by Gasteiger charge is 2.37. The van der Waals surface area contributed by atoms with Crippen LogP contribution in [-0.2, 0) is 20.9 Å². The van der Waals surface area contributed by atoms with Gasteiger partial charge in [-0.25, -0.2) is 9.18 Å². The van der Waals surface area contributed by atoms with Crippen LogP contribution in [0, 0.1) is 11.7 Å². The fraction of sp³-hybridized carbons (Fsp3) is 0.286. The number of para-hydroxylation sites is 1. The smallest absolute Gasteiger partial charge is 0.337 e. The lowest BCUT2D eigenvalue weighted by Crippen LogP contribution is -2.34. The van der Waals surface area contributed by atoms with E-state index >= 15 is 0 Å². The first-order valence-corrected chi connectivity index (χ1v) is 8.88. The van der Waals surface area contributed by atoms with Crippen molar-refractivity contribution in [2.45, 2.75) is 13.0 Å². The summed E-state index contributed by atoms with van der Waals surface area (Å²) >= 11 is 0. The maximum atomic E-state index is 14.0. The van der Waals surface area contributed by atoms with Crippen molar-refractivity contribution in [1.82, 2.24) is 4.90 Å². The molecule has 1 unspecified atom stereocenters. The number of benzene rings is 2. The van der Waals surface area contributed by atoms with E-state index in [0.29, 0.717) is 12.1 Å². The lowest BCUT2D eigenvalue weighted by molar-refractivity contribution is -0.135. The zero-order valence-corrected chi connectivity index (χ0v) is 15.7. The molecule has 2 amide bonds. The Balaban J connectivity index is 1.64. The average Bonchev–Trinajstić information content (AvgIpc) is 3.09. The number of amides is 2. The number of hydrogen-bond donors (Lipinski definition) is 0. The molecule has 1 heterocycles. The van der Waals surface area contributed by atoms with E-state index < -0.39 is 17.7 Å². The maximum Gasteiger partial charge on any atom is 0.337 e. The molecule has 0 N–H and O–H groups in total. The Morgan fingerprint density at radius 1 is 1.18 bits per heavy atom.